The molecule has 0 heterocycles. The van der Waals surface area contributed by atoms with Gasteiger partial charge in [0.05, 0.1) is 11.5 Å². The Kier molecular flexibility index (Phi) is 4.55. The molecule has 6 heteroatoms. The summed E-state index contributed by atoms with van der Waals surface area (Å²) in [6, 6.07) is 0. The summed E-state index contributed by atoms with van der Waals surface area (Å²) in [5.74, 6) is -7.13. The van der Waals surface area contributed by atoms with Crippen LogP contribution in [0, 0.1) is 47.4 Å². The lowest BCUT2D eigenvalue weighted by molar-refractivity contribution is -0.147. The molecule has 1 aromatic rings. The highest BCUT2D eigenvalue weighted by molar-refractivity contribution is 5.78. The number of rotatable bonds is 4. The maximum atomic E-state index is 13.7. The van der Waals surface area contributed by atoms with Crippen LogP contribution in [0.3, 0.4) is 0 Å². The molecule has 1 aromatic carbocycles. The molecular formula is C17H18F4O2. The third kappa shape index (κ3) is 2.86. The summed E-state index contributed by atoms with van der Waals surface area (Å²) in [6.45, 7) is 5.64. The van der Waals surface area contributed by atoms with Crippen molar-refractivity contribution in [2.24, 2.45) is 17.3 Å². The van der Waals surface area contributed by atoms with Gasteiger partial charge in [-0.3, -0.25) is 4.79 Å². The zero-order valence-corrected chi connectivity index (χ0v) is 13.3. The van der Waals surface area contributed by atoms with Gasteiger partial charge in [0.25, 0.3) is 0 Å². The van der Waals surface area contributed by atoms with E-state index in [4.69, 9.17) is 4.74 Å². The van der Waals surface area contributed by atoms with Gasteiger partial charge in [0, 0.05) is 5.56 Å². The molecule has 1 aliphatic carbocycles. The van der Waals surface area contributed by atoms with Gasteiger partial charge < -0.3 is 4.74 Å². The van der Waals surface area contributed by atoms with Crippen LogP contribution in [0.5, 0.6) is 0 Å². The fourth-order valence-corrected chi connectivity index (χ4v) is 2.84. The van der Waals surface area contributed by atoms with Crippen LogP contribution >= 0.6 is 0 Å². The monoisotopic (exact) mass is 330 g/mol. The smallest absolute Gasteiger partial charge is 0.310 e. The quantitative estimate of drug-likeness (QED) is 0.353. The highest BCUT2D eigenvalue weighted by Crippen LogP contribution is 2.59. The zero-order valence-electron chi connectivity index (χ0n) is 13.3. The first-order valence-electron chi connectivity index (χ1n) is 7.25. The number of carbonyl (C=O) groups is 1. The van der Waals surface area contributed by atoms with E-state index in [0.717, 1.165) is 6.92 Å². The van der Waals surface area contributed by atoms with Gasteiger partial charge in [-0.25, -0.2) is 17.6 Å². The fraction of sp³-hybridized carbons (Fsp3) is 0.471. The van der Waals surface area contributed by atoms with E-state index in [9.17, 15) is 22.4 Å². The summed E-state index contributed by atoms with van der Waals surface area (Å²) in [4.78, 5) is 12.1. The lowest BCUT2D eigenvalue weighted by atomic mass is 10.1. The Labute approximate surface area is 132 Å². The van der Waals surface area contributed by atoms with E-state index in [1.165, 1.54) is 0 Å². The van der Waals surface area contributed by atoms with E-state index < -0.39 is 52.9 Å². The Hall–Kier alpha value is -1.85. The van der Waals surface area contributed by atoms with Gasteiger partial charge in [-0.05, 0) is 25.2 Å². The molecule has 23 heavy (non-hydrogen) atoms. The molecule has 0 radical (unpaired) electrons. The van der Waals surface area contributed by atoms with Crippen molar-refractivity contribution in [2.75, 3.05) is 0 Å². The van der Waals surface area contributed by atoms with Crippen LogP contribution in [0.2, 0.25) is 0 Å². The molecule has 0 bridgehead atoms. The second-order valence-electron chi connectivity index (χ2n) is 6.32. The molecule has 126 valence electrons. The number of benzene rings is 1. The topological polar surface area (TPSA) is 26.3 Å². The predicted octanol–water partition coefficient (Wildman–Crippen LogP) is 4.44. The Morgan fingerprint density at radius 1 is 1.13 bits per heavy atom. The molecule has 1 fully saturated rings. The van der Waals surface area contributed by atoms with Crippen molar-refractivity contribution in [3.05, 3.63) is 46.5 Å². The average molecular weight is 330 g/mol. The highest BCUT2D eigenvalue weighted by Gasteiger charge is 2.61. The Bertz CT molecular complexity index is 651. The number of esters is 1. The van der Waals surface area contributed by atoms with Crippen molar-refractivity contribution in [3.63, 3.8) is 0 Å². The highest BCUT2D eigenvalue weighted by atomic mass is 19.2. The van der Waals surface area contributed by atoms with Crippen molar-refractivity contribution in [2.45, 2.75) is 34.3 Å². The zero-order chi connectivity index (χ0) is 17.5. The summed E-state index contributed by atoms with van der Waals surface area (Å²) in [5.41, 5.74) is -1.98. The van der Waals surface area contributed by atoms with E-state index in [2.05, 4.69) is 0 Å². The molecule has 0 N–H and O–H groups in total. The van der Waals surface area contributed by atoms with E-state index in [0.29, 0.717) is 0 Å². The van der Waals surface area contributed by atoms with Gasteiger partial charge in [-0.2, -0.15) is 0 Å². The maximum Gasteiger partial charge on any atom is 0.310 e. The molecule has 2 unspecified atom stereocenters. The SMILES string of the molecule is C/C=C/C1C(C(=O)OCc2c(F)c(F)c(C)c(F)c2F)C1(C)C. The summed E-state index contributed by atoms with van der Waals surface area (Å²) in [6.07, 6.45) is 3.67. The first-order chi connectivity index (χ1) is 10.6. The lowest BCUT2D eigenvalue weighted by Crippen LogP contribution is -2.14. The number of hydrogen-bond donors (Lipinski definition) is 0. The van der Waals surface area contributed by atoms with Gasteiger partial charge in [-0.1, -0.05) is 26.0 Å². The minimum absolute atomic E-state index is 0.0267. The molecule has 1 aliphatic rings. The predicted molar refractivity (Wildman–Crippen MR) is 76.4 cm³/mol. The molecular weight excluding hydrogens is 312 g/mol. The average Bonchev–Trinajstić information content (AvgIpc) is 3.04. The second kappa shape index (κ2) is 5.98. The van der Waals surface area contributed by atoms with Gasteiger partial charge in [0.2, 0.25) is 0 Å². The van der Waals surface area contributed by atoms with Crippen molar-refractivity contribution < 1.29 is 27.1 Å². The van der Waals surface area contributed by atoms with Gasteiger partial charge in [-0.15, -0.1) is 0 Å². The van der Waals surface area contributed by atoms with Gasteiger partial charge in [0.15, 0.2) is 23.3 Å². The Morgan fingerprint density at radius 2 is 1.65 bits per heavy atom. The van der Waals surface area contributed by atoms with E-state index in [1.54, 1.807) is 0 Å². The van der Waals surface area contributed by atoms with E-state index in [-0.39, 0.29) is 11.3 Å². The number of ether oxygens (including phenoxy) is 1. The third-order valence-electron chi connectivity index (χ3n) is 4.50. The first-order valence-corrected chi connectivity index (χ1v) is 7.25. The van der Waals surface area contributed by atoms with Crippen LogP contribution in [0.1, 0.15) is 31.9 Å². The van der Waals surface area contributed by atoms with Crippen molar-refractivity contribution in [3.8, 4) is 0 Å². The summed E-state index contributed by atoms with van der Waals surface area (Å²) in [7, 11) is 0. The molecule has 1 saturated carbocycles. The molecule has 2 atom stereocenters. The maximum absolute atomic E-state index is 13.7. The minimum Gasteiger partial charge on any atom is -0.460 e. The molecule has 2 rings (SSSR count). The summed E-state index contributed by atoms with van der Waals surface area (Å²) >= 11 is 0. The molecule has 0 amide bonds. The molecule has 0 saturated heterocycles. The molecule has 0 spiro atoms. The van der Waals surface area contributed by atoms with Crippen molar-refractivity contribution in [1.29, 1.82) is 0 Å². The molecule has 0 aromatic heterocycles. The number of carbonyl (C=O) groups excluding carboxylic acids is 1. The van der Waals surface area contributed by atoms with Crippen molar-refractivity contribution >= 4 is 5.97 Å². The van der Waals surface area contributed by atoms with Crippen LogP contribution < -0.4 is 0 Å². The van der Waals surface area contributed by atoms with Gasteiger partial charge >= 0.3 is 5.97 Å². The Morgan fingerprint density at radius 3 is 2.13 bits per heavy atom. The van der Waals surface area contributed by atoms with Crippen LogP contribution in [-0.4, -0.2) is 5.97 Å². The summed E-state index contributed by atoms with van der Waals surface area (Å²) < 4.78 is 59.3. The number of allylic oxidation sites excluding steroid dienone is 2. The van der Waals surface area contributed by atoms with Crippen molar-refractivity contribution in [1.82, 2.24) is 0 Å². The third-order valence-corrected chi connectivity index (χ3v) is 4.50. The minimum atomic E-state index is -1.53. The number of halogens is 4. The number of hydrogen-bond acceptors (Lipinski definition) is 2. The standard InChI is InChI=1S/C17H18F4O2/c1-5-6-10-11(17(10,3)4)16(22)23-7-9-14(20)12(18)8(2)13(19)15(9)21/h5-6,10-11H,7H2,1-4H3/b6-5+. The van der Waals surface area contributed by atoms with Crippen LogP contribution in [0.15, 0.2) is 12.2 Å². The van der Waals surface area contributed by atoms with Crippen LogP contribution in [0.4, 0.5) is 17.6 Å². The van der Waals surface area contributed by atoms with E-state index in [1.807, 2.05) is 32.9 Å². The summed E-state index contributed by atoms with van der Waals surface area (Å²) in [5, 5.41) is 0. The van der Waals surface area contributed by atoms with Crippen LogP contribution in [-0.2, 0) is 16.1 Å². The Balaban J connectivity index is 2.15. The second-order valence-corrected chi connectivity index (χ2v) is 6.32. The van der Waals surface area contributed by atoms with Gasteiger partial charge in [0.1, 0.15) is 6.61 Å². The largest absolute Gasteiger partial charge is 0.460 e. The normalized spacial score (nSPS) is 22.4. The van der Waals surface area contributed by atoms with Crippen LogP contribution in [0.25, 0.3) is 0 Å². The first kappa shape index (κ1) is 17.5. The fourth-order valence-electron chi connectivity index (χ4n) is 2.84. The van der Waals surface area contributed by atoms with E-state index >= 15 is 0 Å². The molecule has 0 aliphatic heterocycles. The molecule has 2 nitrogen and oxygen atoms in total. The lowest BCUT2D eigenvalue weighted by Gasteiger charge is -2.10.